The number of hydrogen-bond acceptors (Lipinski definition) is 0. The number of halogens is 2. The zero-order valence-corrected chi connectivity index (χ0v) is 25.7. The van der Waals surface area contributed by atoms with Gasteiger partial charge in [0.15, 0.2) is 0 Å². The van der Waals surface area contributed by atoms with Crippen molar-refractivity contribution in [1.82, 2.24) is 0 Å². The fourth-order valence-electron chi connectivity index (χ4n) is 5.98. The van der Waals surface area contributed by atoms with Gasteiger partial charge in [-0.1, -0.05) is 0 Å². The van der Waals surface area contributed by atoms with E-state index >= 15 is 0 Å². The van der Waals surface area contributed by atoms with Crippen LogP contribution in [0.15, 0.2) is 47.5 Å². The van der Waals surface area contributed by atoms with Crippen LogP contribution in [0.3, 0.4) is 0 Å². The first-order valence-corrected chi connectivity index (χ1v) is 32.4. The van der Waals surface area contributed by atoms with Crippen LogP contribution >= 0.6 is 17.2 Å². The molecule has 2 aliphatic rings. The molecule has 4 heteroatoms. The number of rotatable bonds is 6. The molecule has 4 rings (SSSR count). The normalized spacial score (nSPS) is 20.3. The number of benzene rings is 2. The first kappa shape index (κ1) is 23.7. The quantitative estimate of drug-likeness (QED) is 0.278. The van der Waals surface area contributed by atoms with Crippen LogP contribution in [-0.2, 0) is 14.8 Å². The van der Waals surface area contributed by atoms with Gasteiger partial charge in [-0.05, 0) is 0 Å². The van der Waals surface area contributed by atoms with Gasteiger partial charge in [-0.25, -0.2) is 0 Å². The van der Waals surface area contributed by atoms with Gasteiger partial charge in [-0.15, -0.1) is 0 Å². The number of fused-ring (bicyclic) bond motifs is 2. The number of allylic oxidation sites excluding steroid dienone is 2. The second kappa shape index (κ2) is 8.74. The van der Waals surface area contributed by atoms with Gasteiger partial charge < -0.3 is 0 Å². The Morgan fingerprint density at radius 3 is 1.61 bits per heavy atom. The molecule has 0 N–H and O–H groups in total. The Morgan fingerprint density at radius 1 is 0.774 bits per heavy atom. The van der Waals surface area contributed by atoms with Gasteiger partial charge in [0.1, 0.15) is 0 Å². The summed E-state index contributed by atoms with van der Waals surface area (Å²) in [4.78, 5) is 0. The van der Waals surface area contributed by atoms with Crippen LogP contribution in [0.4, 0.5) is 0 Å². The molecule has 0 bridgehead atoms. The fourth-order valence-corrected chi connectivity index (χ4v) is 56.1. The van der Waals surface area contributed by atoms with E-state index in [2.05, 4.69) is 83.2 Å². The van der Waals surface area contributed by atoms with E-state index in [1.807, 2.05) is 0 Å². The zero-order valence-electron chi connectivity index (χ0n) is 19.4. The third-order valence-electron chi connectivity index (χ3n) is 7.48. The summed E-state index contributed by atoms with van der Waals surface area (Å²) in [7, 11) is 16.5. The van der Waals surface area contributed by atoms with Gasteiger partial charge in [-0.3, -0.25) is 0 Å². The summed E-state index contributed by atoms with van der Waals surface area (Å²) in [5, 5.41) is 0. The van der Waals surface area contributed by atoms with Gasteiger partial charge in [0.25, 0.3) is 0 Å². The van der Waals surface area contributed by atoms with Crippen molar-refractivity contribution in [2.75, 3.05) is 0 Å². The molecule has 0 aliphatic heterocycles. The average Bonchev–Trinajstić information content (AvgIpc) is 3.34. The van der Waals surface area contributed by atoms with Crippen molar-refractivity contribution in [3.05, 3.63) is 80.9 Å². The Balaban J connectivity index is 2.05. The van der Waals surface area contributed by atoms with Gasteiger partial charge in [0.2, 0.25) is 0 Å². The van der Waals surface area contributed by atoms with Crippen molar-refractivity contribution >= 4 is 35.5 Å². The van der Waals surface area contributed by atoms with Crippen LogP contribution < -0.4 is 0 Å². The monoisotopic (exact) mass is 636 g/mol. The molecular weight excluding hydrogens is 602 g/mol. The van der Waals surface area contributed by atoms with Gasteiger partial charge in [0, 0.05) is 0 Å². The molecule has 31 heavy (non-hydrogen) atoms. The average molecular weight is 636 g/mol. The topological polar surface area (TPSA) is 0 Å². The fraction of sp³-hybridized carbons (Fsp3) is 0.407. The first-order valence-electron chi connectivity index (χ1n) is 11.8. The molecule has 0 saturated heterocycles. The Morgan fingerprint density at radius 2 is 1.23 bits per heavy atom. The molecule has 2 aliphatic carbocycles. The van der Waals surface area contributed by atoms with Crippen molar-refractivity contribution < 1.29 is 14.8 Å². The van der Waals surface area contributed by atoms with E-state index < -0.39 is 14.8 Å². The summed E-state index contributed by atoms with van der Waals surface area (Å²) in [5.74, 6) is 0. The molecular formula is C27H34Cl2HfSi. The molecule has 2 atom stereocenters. The summed E-state index contributed by atoms with van der Waals surface area (Å²) >= 11 is -4.58. The van der Waals surface area contributed by atoms with Gasteiger partial charge in [-0.2, -0.15) is 0 Å². The third kappa shape index (κ3) is 3.74. The Labute approximate surface area is 197 Å². The van der Waals surface area contributed by atoms with Crippen molar-refractivity contribution in [2.45, 2.75) is 67.3 Å². The first-order chi connectivity index (χ1) is 14.8. The molecule has 2 aromatic carbocycles. The molecule has 0 radical (unpaired) electrons. The zero-order chi connectivity index (χ0) is 22.4. The van der Waals surface area contributed by atoms with Crippen molar-refractivity contribution in [3.8, 4) is 0 Å². The second-order valence-corrected chi connectivity index (χ2v) is 59.3. The predicted octanol–water partition coefficient (Wildman–Crippen LogP) is 8.88. The summed E-state index contributed by atoms with van der Waals surface area (Å²) in [6.07, 6.45) is 8.09. The predicted molar refractivity (Wildman–Crippen MR) is 138 cm³/mol. The maximum atomic E-state index is 8.23. The molecule has 0 saturated carbocycles. The van der Waals surface area contributed by atoms with Crippen LogP contribution in [0.1, 0.15) is 80.8 Å². The maximum absolute atomic E-state index is 8.23. The minimum absolute atomic E-state index is 0.00890. The van der Waals surface area contributed by atoms with Crippen LogP contribution in [0.25, 0.3) is 12.2 Å². The van der Waals surface area contributed by atoms with Crippen LogP contribution in [0.5, 0.6) is 0 Å². The molecule has 0 amide bonds. The summed E-state index contributed by atoms with van der Waals surface area (Å²) in [6.45, 7) is 11.3. The molecule has 0 fully saturated rings. The van der Waals surface area contributed by atoms with E-state index in [1.54, 1.807) is 0 Å². The van der Waals surface area contributed by atoms with E-state index in [1.165, 1.54) is 50.6 Å². The SMILES string of the molecule is CCC[SiH]=[Hf]([Cl])([Cl])([CH]1C(CC)=Cc2c(C)cccc21)[CH]1C(CC)=Cc2c(C)cccc21. The van der Waals surface area contributed by atoms with E-state index in [0.29, 0.717) is 0 Å². The van der Waals surface area contributed by atoms with E-state index in [-0.39, 0.29) is 13.6 Å². The third-order valence-corrected chi connectivity index (χ3v) is 53.7. The van der Waals surface area contributed by atoms with E-state index in [9.17, 15) is 0 Å². The van der Waals surface area contributed by atoms with Crippen LogP contribution in [0, 0.1) is 13.8 Å². The summed E-state index contributed by atoms with van der Waals surface area (Å²) < 4.78 is 0.487. The molecule has 2 unspecified atom stereocenters. The molecule has 0 heterocycles. The summed E-state index contributed by atoms with van der Waals surface area (Å²) in [5.41, 5.74) is 11.2. The van der Waals surface area contributed by atoms with E-state index in [4.69, 9.17) is 17.2 Å². The molecule has 0 aromatic heterocycles. The standard InChI is InChI=1S/2C12H13.C3H8Si.2ClH.Hf/c2*1-3-10-7-11-6-4-5-9(2)12(11)8-10;1-2-3-4;;;/h2*4-8H,3H2,1-2H3;4H,2-3H2,1H3;2*1H;/q;;;;;+2/p-2. The minimum atomic E-state index is -4.58. The Kier molecular flexibility index (Phi) is 6.69. The molecule has 2 aromatic rings. The van der Waals surface area contributed by atoms with Crippen molar-refractivity contribution in [3.63, 3.8) is 0 Å². The number of aryl methyl sites for hydroxylation is 2. The Bertz CT molecular complexity index is 1080. The molecule has 0 spiro atoms. The van der Waals surface area contributed by atoms with Crippen molar-refractivity contribution in [2.24, 2.45) is 0 Å². The van der Waals surface area contributed by atoms with Gasteiger partial charge >= 0.3 is 198 Å². The van der Waals surface area contributed by atoms with Crippen LogP contribution in [0.2, 0.25) is 6.04 Å². The Hall–Kier alpha value is -0.413. The van der Waals surface area contributed by atoms with Crippen LogP contribution in [-0.4, -0.2) is 6.22 Å². The second-order valence-electron chi connectivity index (χ2n) is 9.39. The van der Waals surface area contributed by atoms with E-state index in [0.717, 1.165) is 19.3 Å². The van der Waals surface area contributed by atoms with Crippen molar-refractivity contribution in [1.29, 1.82) is 0 Å². The summed E-state index contributed by atoms with van der Waals surface area (Å²) in [6, 6.07) is 14.7. The molecule has 0 nitrogen and oxygen atoms in total. The van der Waals surface area contributed by atoms with Gasteiger partial charge in [0.05, 0.1) is 0 Å². The number of hydrogen-bond donors (Lipinski definition) is 0. The molecule has 164 valence electrons.